The van der Waals surface area contributed by atoms with Crippen LogP contribution in [0.2, 0.25) is 0 Å². The van der Waals surface area contributed by atoms with E-state index in [1.807, 2.05) is 6.92 Å². The van der Waals surface area contributed by atoms with Gasteiger partial charge < -0.3 is 4.90 Å². The molecular formula is C13H21N3OS. The first kappa shape index (κ1) is 13.5. The second kappa shape index (κ2) is 4.96. The largest absolute Gasteiger partial charge is 0.354 e. The minimum Gasteiger partial charge on any atom is -0.354 e. The second-order valence-corrected chi connectivity index (χ2v) is 7.55. The third-order valence-corrected chi connectivity index (χ3v) is 5.21. The van der Waals surface area contributed by atoms with Gasteiger partial charge in [-0.2, -0.15) is 0 Å². The number of nitrogens with zero attached hydrogens (tertiary/aromatic N) is 3. The molecule has 1 saturated heterocycles. The van der Waals surface area contributed by atoms with Crippen molar-refractivity contribution >= 4 is 16.6 Å². The molecule has 0 saturated carbocycles. The van der Waals surface area contributed by atoms with Crippen LogP contribution in [-0.4, -0.2) is 37.8 Å². The lowest BCUT2D eigenvalue weighted by molar-refractivity contribution is 0.585. The Labute approximate surface area is 111 Å². The molecule has 0 amide bonds. The van der Waals surface area contributed by atoms with Crippen LogP contribution in [0.4, 0.5) is 5.82 Å². The predicted octanol–water partition coefficient (Wildman–Crippen LogP) is 1.69. The van der Waals surface area contributed by atoms with E-state index in [9.17, 15) is 4.21 Å². The minimum absolute atomic E-state index is 0.163. The van der Waals surface area contributed by atoms with E-state index in [1.165, 1.54) is 0 Å². The van der Waals surface area contributed by atoms with Crippen LogP contribution >= 0.6 is 0 Å². The van der Waals surface area contributed by atoms with E-state index < -0.39 is 10.8 Å². The van der Waals surface area contributed by atoms with Crippen molar-refractivity contribution < 1.29 is 4.21 Å². The zero-order valence-electron chi connectivity index (χ0n) is 11.6. The Kier molecular flexibility index (Phi) is 3.71. The summed E-state index contributed by atoms with van der Waals surface area (Å²) in [6.07, 6.45) is 0.916. The summed E-state index contributed by atoms with van der Waals surface area (Å²) in [5.41, 5.74) is 1.07. The molecule has 1 fully saturated rings. The lowest BCUT2D eigenvalue weighted by Gasteiger charge is -2.38. The predicted molar refractivity (Wildman–Crippen MR) is 75.4 cm³/mol. The van der Waals surface area contributed by atoms with E-state index in [-0.39, 0.29) is 4.75 Å². The maximum Gasteiger partial charge on any atom is 0.132 e. The molecule has 1 aliphatic rings. The van der Waals surface area contributed by atoms with E-state index >= 15 is 0 Å². The summed E-state index contributed by atoms with van der Waals surface area (Å²) >= 11 is 0. The molecule has 1 unspecified atom stereocenters. The van der Waals surface area contributed by atoms with Crippen LogP contribution in [0.15, 0.2) is 6.07 Å². The van der Waals surface area contributed by atoms with Crippen molar-refractivity contribution in [3.05, 3.63) is 17.6 Å². The van der Waals surface area contributed by atoms with Crippen molar-refractivity contribution in [3.63, 3.8) is 0 Å². The Morgan fingerprint density at radius 3 is 2.78 bits per heavy atom. The van der Waals surface area contributed by atoms with Gasteiger partial charge in [0.05, 0.1) is 4.75 Å². The van der Waals surface area contributed by atoms with Gasteiger partial charge in [-0.05, 0) is 27.2 Å². The smallest absolute Gasteiger partial charge is 0.132 e. The highest BCUT2D eigenvalue weighted by Gasteiger charge is 2.33. The van der Waals surface area contributed by atoms with Gasteiger partial charge in [-0.1, -0.05) is 6.92 Å². The fourth-order valence-electron chi connectivity index (χ4n) is 2.23. The van der Waals surface area contributed by atoms with Gasteiger partial charge in [-0.15, -0.1) is 0 Å². The highest BCUT2D eigenvalue weighted by molar-refractivity contribution is 7.86. The average Bonchev–Trinajstić information content (AvgIpc) is 2.31. The van der Waals surface area contributed by atoms with Crippen LogP contribution in [0.1, 0.15) is 32.3 Å². The fraction of sp³-hybridized carbons (Fsp3) is 0.692. The summed E-state index contributed by atoms with van der Waals surface area (Å²) in [5.74, 6) is 2.51. The lowest BCUT2D eigenvalue weighted by atomic mass is 10.2. The summed E-state index contributed by atoms with van der Waals surface area (Å²) in [4.78, 5) is 11.1. The summed E-state index contributed by atoms with van der Waals surface area (Å²) in [6.45, 7) is 9.75. The number of rotatable bonds is 2. The van der Waals surface area contributed by atoms with Crippen LogP contribution in [-0.2, 0) is 17.2 Å². The molecule has 100 valence electrons. The molecule has 0 radical (unpaired) electrons. The molecule has 0 aromatic carbocycles. The molecule has 2 rings (SSSR count). The van der Waals surface area contributed by atoms with Gasteiger partial charge in [0.15, 0.2) is 0 Å². The van der Waals surface area contributed by atoms with Gasteiger partial charge in [0.2, 0.25) is 0 Å². The number of aryl methyl sites for hydroxylation is 2. The molecule has 1 aromatic heterocycles. The van der Waals surface area contributed by atoms with Crippen LogP contribution in [0.25, 0.3) is 0 Å². The third kappa shape index (κ3) is 2.71. The highest BCUT2D eigenvalue weighted by atomic mass is 32.2. The normalized spacial score (nSPS) is 23.1. The Hall–Kier alpha value is -0.970. The third-order valence-electron chi connectivity index (χ3n) is 3.30. The standard InChI is InChI=1S/C13H21N3OS/c1-5-11-8-12(15-10(2)14-11)16-6-7-18(17)13(3,4)9-16/h8H,5-7,9H2,1-4H3. The molecule has 0 bridgehead atoms. The van der Waals surface area contributed by atoms with Crippen LogP contribution in [0.3, 0.4) is 0 Å². The molecule has 2 heterocycles. The molecule has 0 aliphatic carbocycles. The van der Waals surface area contributed by atoms with Crippen LogP contribution < -0.4 is 4.90 Å². The van der Waals surface area contributed by atoms with Gasteiger partial charge in [-0.3, -0.25) is 4.21 Å². The number of aromatic nitrogens is 2. The van der Waals surface area contributed by atoms with Gasteiger partial charge >= 0.3 is 0 Å². The molecule has 0 spiro atoms. The maximum atomic E-state index is 11.9. The molecule has 1 aliphatic heterocycles. The van der Waals surface area contributed by atoms with Crippen molar-refractivity contribution in [2.75, 3.05) is 23.7 Å². The van der Waals surface area contributed by atoms with Crippen molar-refractivity contribution in [1.82, 2.24) is 9.97 Å². The Morgan fingerprint density at radius 2 is 2.17 bits per heavy atom. The van der Waals surface area contributed by atoms with E-state index in [1.54, 1.807) is 0 Å². The number of anilines is 1. The van der Waals surface area contributed by atoms with Crippen molar-refractivity contribution in [2.24, 2.45) is 0 Å². The number of hydrogen-bond donors (Lipinski definition) is 0. The van der Waals surface area contributed by atoms with Crippen LogP contribution in [0, 0.1) is 6.92 Å². The second-order valence-electron chi connectivity index (χ2n) is 5.35. The molecule has 4 nitrogen and oxygen atoms in total. The molecular weight excluding hydrogens is 246 g/mol. The van der Waals surface area contributed by atoms with Gasteiger partial charge in [0, 0.05) is 41.4 Å². The van der Waals surface area contributed by atoms with E-state index in [0.717, 1.165) is 42.6 Å². The fourth-order valence-corrected chi connectivity index (χ4v) is 3.47. The first-order chi connectivity index (χ1) is 8.42. The zero-order chi connectivity index (χ0) is 13.3. The first-order valence-electron chi connectivity index (χ1n) is 6.40. The summed E-state index contributed by atoms with van der Waals surface area (Å²) in [7, 11) is -0.743. The minimum atomic E-state index is -0.743. The average molecular weight is 267 g/mol. The molecule has 5 heteroatoms. The highest BCUT2D eigenvalue weighted by Crippen LogP contribution is 2.24. The van der Waals surface area contributed by atoms with E-state index in [0.29, 0.717) is 0 Å². The molecule has 18 heavy (non-hydrogen) atoms. The van der Waals surface area contributed by atoms with E-state index in [2.05, 4.69) is 41.7 Å². The topological polar surface area (TPSA) is 46.1 Å². The molecule has 1 aromatic rings. The number of hydrogen-bond acceptors (Lipinski definition) is 4. The monoisotopic (exact) mass is 267 g/mol. The maximum absolute atomic E-state index is 11.9. The SMILES string of the molecule is CCc1cc(N2CCS(=O)C(C)(C)C2)nc(C)n1. The Morgan fingerprint density at radius 1 is 1.44 bits per heavy atom. The first-order valence-corrected chi connectivity index (χ1v) is 7.72. The van der Waals surface area contributed by atoms with Crippen LogP contribution in [0.5, 0.6) is 0 Å². The zero-order valence-corrected chi connectivity index (χ0v) is 12.4. The summed E-state index contributed by atoms with van der Waals surface area (Å²) in [6, 6.07) is 2.05. The molecule has 1 atom stereocenters. The van der Waals surface area contributed by atoms with Crippen molar-refractivity contribution in [1.29, 1.82) is 0 Å². The Bertz CT molecular complexity index is 473. The quantitative estimate of drug-likeness (QED) is 0.818. The van der Waals surface area contributed by atoms with E-state index in [4.69, 9.17) is 0 Å². The van der Waals surface area contributed by atoms with Gasteiger partial charge in [0.1, 0.15) is 11.6 Å². The lowest BCUT2D eigenvalue weighted by Crippen LogP contribution is -2.50. The van der Waals surface area contributed by atoms with Crippen molar-refractivity contribution in [2.45, 2.75) is 38.9 Å². The van der Waals surface area contributed by atoms with Crippen molar-refractivity contribution in [3.8, 4) is 0 Å². The molecule has 0 N–H and O–H groups in total. The summed E-state index contributed by atoms with van der Waals surface area (Å²) in [5, 5.41) is 0. The summed E-state index contributed by atoms with van der Waals surface area (Å²) < 4.78 is 11.8. The van der Waals surface area contributed by atoms with Gasteiger partial charge in [-0.25, -0.2) is 9.97 Å². The Balaban J connectivity index is 2.27. The van der Waals surface area contributed by atoms with Gasteiger partial charge in [0.25, 0.3) is 0 Å².